The molecule has 0 aliphatic heterocycles. The summed E-state index contributed by atoms with van der Waals surface area (Å²) in [5, 5.41) is 6.50. The minimum absolute atomic E-state index is 0.251. The largest absolute Gasteiger partial charge is 0.340 e. The molecule has 0 spiro atoms. The Morgan fingerprint density at radius 2 is 2.05 bits per heavy atom. The Balaban J connectivity index is 1.68. The van der Waals surface area contributed by atoms with Crippen LogP contribution in [0.25, 0.3) is 10.6 Å². The maximum atomic E-state index is 13.8. The number of nitrogens with zero attached hydrogens (tertiary/aromatic N) is 4. The monoisotopic (exact) mass is 318 g/mol. The second kappa shape index (κ2) is 6.33. The molecule has 2 aromatic heterocycles. The molecule has 0 bridgehead atoms. The van der Waals surface area contributed by atoms with Gasteiger partial charge in [0.05, 0.1) is 12.2 Å². The van der Waals surface area contributed by atoms with Gasteiger partial charge < -0.3 is 4.52 Å². The number of aryl methyl sites for hydroxylation is 1. The minimum Gasteiger partial charge on any atom is -0.340 e. The molecule has 0 aliphatic carbocycles. The molecule has 3 rings (SSSR count). The van der Waals surface area contributed by atoms with Crippen molar-refractivity contribution in [1.82, 2.24) is 20.0 Å². The van der Waals surface area contributed by atoms with Crippen molar-refractivity contribution in [3.05, 3.63) is 52.9 Å². The van der Waals surface area contributed by atoms with Crippen molar-refractivity contribution in [3.63, 3.8) is 0 Å². The Hall–Kier alpha value is -2.12. The van der Waals surface area contributed by atoms with E-state index in [4.69, 9.17) is 4.52 Å². The maximum Gasteiger partial charge on any atom is 0.223 e. The van der Waals surface area contributed by atoms with Crippen molar-refractivity contribution in [1.29, 1.82) is 0 Å². The standard InChI is InChI=1S/C15H15FN4OS/c1-10-17-14(19-21-10)8-20(2)7-11-9-22-15(18-11)12-5-3-4-6-13(12)16/h3-6,9H,7-8H2,1-2H3. The van der Waals surface area contributed by atoms with E-state index in [0.717, 1.165) is 5.69 Å². The van der Waals surface area contributed by atoms with E-state index in [-0.39, 0.29) is 5.82 Å². The first kappa shape index (κ1) is 14.8. The second-order valence-electron chi connectivity index (χ2n) is 5.03. The van der Waals surface area contributed by atoms with Gasteiger partial charge in [0, 0.05) is 24.4 Å². The number of halogens is 1. The number of hydrogen-bond donors (Lipinski definition) is 0. The molecule has 22 heavy (non-hydrogen) atoms. The lowest BCUT2D eigenvalue weighted by molar-refractivity contribution is 0.298. The summed E-state index contributed by atoms with van der Waals surface area (Å²) in [5.41, 5.74) is 1.43. The lowest BCUT2D eigenvalue weighted by atomic mass is 10.2. The molecule has 2 heterocycles. The van der Waals surface area contributed by atoms with Crippen LogP contribution >= 0.6 is 11.3 Å². The molecule has 0 atom stereocenters. The molecule has 3 aromatic rings. The highest BCUT2D eigenvalue weighted by Gasteiger charge is 2.12. The first-order chi connectivity index (χ1) is 10.6. The molecular formula is C15H15FN4OS. The maximum absolute atomic E-state index is 13.8. The zero-order valence-electron chi connectivity index (χ0n) is 12.3. The molecule has 0 N–H and O–H groups in total. The highest BCUT2D eigenvalue weighted by atomic mass is 32.1. The molecule has 114 valence electrons. The van der Waals surface area contributed by atoms with Crippen molar-refractivity contribution in [2.75, 3.05) is 7.05 Å². The van der Waals surface area contributed by atoms with E-state index in [1.54, 1.807) is 19.1 Å². The SMILES string of the molecule is Cc1nc(CN(C)Cc2csc(-c3ccccc3F)n2)no1. The van der Waals surface area contributed by atoms with Crippen molar-refractivity contribution in [2.24, 2.45) is 0 Å². The molecule has 0 radical (unpaired) electrons. The van der Waals surface area contributed by atoms with Gasteiger partial charge in [-0.15, -0.1) is 11.3 Å². The summed E-state index contributed by atoms with van der Waals surface area (Å²) in [6.45, 7) is 2.97. The Labute approximate surface area is 131 Å². The lowest BCUT2D eigenvalue weighted by Gasteiger charge is -2.12. The average Bonchev–Trinajstić information content (AvgIpc) is 3.09. The van der Waals surface area contributed by atoms with Gasteiger partial charge in [-0.25, -0.2) is 9.37 Å². The van der Waals surface area contributed by atoms with Gasteiger partial charge in [0.25, 0.3) is 0 Å². The number of thiazole rings is 1. The Kier molecular flexibility index (Phi) is 4.26. The lowest BCUT2D eigenvalue weighted by Crippen LogP contribution is -2.18. The van der Waals surface area contributed by atoms with Gasteiger partial charge in [0.1, 0.15) is 10.8 Å². The normalized spacial score (nSPS) is 11.3. The third kappa shape index (κ3) is 3.37. The fraction of sp³-hybridized carbons (Fsp3) is 0.267. The topological polar surface area (TPSA) is 55.1 Å². The van der Waals surface area contributed by atoms with E-state index in [2.05, 4.69) is 15.1 Å². The zero-order chi connectivity index (χ0) is 15.5. The Bertz CT molecular complexity index is 770. The summed E-state index contributed by atoms with van der Waals surface area (Å²) in [7, 11) is 1.95. The molecule has 1 aromatic carbocycles. The number of benzene rings is 1. The van der Waals surface area contributed by atoms with Crippen LogP contribution in [-0.4, -0.2) is 27.1 Å². The first-order valence-electron chi connectivity index (χ1n) is 6.79. The van der Waals surface area contributed by atoms with Gasteiger partial charge in [-0.05, 0) is 19.2 Å². The summed E-state index contributed by atoms with van der Waals surface area (Å²) in [4.78, 5) is 10.7. The Morgan fingerprint density at radius 1 is 1.23 bits per heavy atom. The van der Waals surface area contributed by atoms with E-state index in [9.17, 15) is 4.39 Å². The van der Waals surface area contributed by atoms with E-state index in [0.29, 0.717) is 35.4 Å². The fourth-order valence-corrected chi connectivity index (χ4v) is 2.95. The molecule has 0 saturated carbocycles. The van der Waals surface area contributed by atoms with Crippen molar-refractivity contribution < 1.29 is 8.91 Å². The van der Waals surface area contributed by atoms with Crippen LogP contribution in [0.1, 0.15) is 17.4 Å². The number of aromatic nitrogens is 3. The van der Waals surface area contributed by atoms with Gasteiger partial charge in [-0.1, -0.05) is 17.3 Å². The van der Waals surface area contributed by atoms with E-state index < -0.39 is 0 Å². The molecule has 7 heteroatoms. The molecule has 0 fully saturated rings. The number of hydrogen-bond acceptors (Lipinski definition) is 6. The van der Waals surface area contributed by atoms with Gasteiger partial charge in [0.2, 0.25) is 5.89 Å². The first-order valence-corrected chi connectivity index (χ1v) is 7.67. The molecule has 0 amide bonds. The minimum atomic E-state index is -0.251. The van der Waals surface area contributed by atoms with Gasteiger partial charge in [0.15, 0.2) is 5.82 Å². The summed E-state index contributed by atoms with van der Waals surface area (Å²) >= 11 is 1.44. The van der Waals surface area contributed by atoms with E-state index >= 15 is 0 Å². The summed E-state index contributed by atoms with van der Waals surface area (Å²) in [6.07, 6.45) is 0. The van der Waals surface area contributed by atoms with Crippen molar-refractivity contribution >= 4 is 11.3 Å². The number of rotatable bonds is 5. The van der Waals surface area contributed by atoms with Gasteiger partial charge in [-0.3, -0.25) is 4.90 Å². The molecular weight excluding hydrogens is 303 g/mol. The predicted octanol–water partition coefficient (Wildman–Crippen LogP) is 3.27. The van der Waals surface area contributed by atoms with Crippen LogP contribution < -0.4 is 0 Å². The smallest absolute Gasteiger partial charge is 0.223 e. The quantitative estimate of drug-likeness (QED) is 0.722. The molecule has 0 aliphatic rings. The summed E-state index contributed by atoms with van der Waals surface area (Å²) in [5.74, 6) is 0.947. The zero-order valence-corrected chi connectivity index (χ0v) is 13.1. The fourth-order valence-electron chi connectivity index (χ4n) is 2.12. The Morgan fingerprint density at radius 3 is 2.77 bits per heavy atom. The van der Waals surface area contributed by atoms with Crippen LogP contribution in [0.4, 0.5) is 4.39 Å². The molecule has 0 saturated heterocycles. The highest BCUT2D eigenvalue weighted by molar-refractivity contribution is 7.13. The van der Waals surface area contributed by atoms with E-state index in [1.807, 2.05) is 23.4 Å². The molecule has 5 nitrogen and oxygen atoms in total. The van der Waals surface area contributed by atoms with E-state index in [1.165, 1.54) is 17.4 Å². The van der Waals surface area contributed by atoms with Crippen molar-refractivity contribution in [3.8, 4) is 10.6 Å². The third-order valence-corrected chi connectivity index (χ3v) is 3.99. The van der Waals surface area contributed by atoms with Crippen LogP contribution in [0.15, 0.2) is 34.2 Å². The highest BCUT2D eigenvalue weighted by Crippen LogP contribution is 2.26. The van der Waals surface area contributed by atoms with Crippen LogP contribution in [0.5, 0.6) is 0 Å². The third-order valence-electron chi connectivity index (χ3n) is 3.07. The van der Waals surface area contributed by atoms with Crippen LogP contribution in [0.2, 0.25) is 0 Å². The van der Waals surface area contributed by atoms with Crippen molar-refractivity contribution in [2.45, 2.75) is 20.0 Å². The second-order valence-corrected chi connectivity index (χ2v) is 5.88. The van der Waals surface area contributed by atoms with Crippen LogP contribution in [0.3, 0.4) is 0 Å². The van der Waals surface area contributed by atoms with Crippen LogP contribution in [0, 0.1) is 12.7 Å². The summed E-state index contributed by atoms with van der Waals surface area (Å²) in [6, 6.07) is 6.67. The predicted molar refractivity (Wildman–Crippen MR) is 81.7 cm³/mol. The molecule has 0 unspecified atom stereocenters. The van der Waals surface area contributed by atoms with Crippen LogP contribution in [-0.2, 0) is 13.1 Å². The summed E-state index contributed by atoms with van der Waals surface area (Å²) < 4.78 is 18.7. The van der Waals surface area contributed by atoms with Gasteiger partial charge >= 0.3 is 0 Å². The van der Waals surface area contributed by atoms with Gasteiger partial charge in [-0.2, -0.15) is 4.98 Å². The average molecular weight is 318 g/mol.